The number of nitrogens with zero attached hydrogens (tertiary/aromatic N) is 6. The largest absolute Gasteiger partial charge is 0.493 e. The fourth-order valence-corrected chi connectivity index (χ4v) is 6.40. The fraction of sp³-hybridized carbons (Fsp3) is 0.515. The number of aliphatic imine (C=N–C) groups is 1. The van der Waals surface area contributed by atoms with E-state index in [0.29, 0.717) is 40.9 Å². The average molecular weight is 603 g/mol. The van der Waals surface area contributed by atoms with E-state index < -0.39 is 0 Å². The minimum Gasteiger partial charge on any atom is -0.493 e. The number of carbonyl (C=O) groups excluding carboxylic acids is 1. The molecule has 1 amide bonds. The summed E-state index contributed by atoms with van der Waals surface area (Å²) in [4.78, 5) is 33.6. The van der Waals surface area contributed by atoms with Crippen molar-refractivity contribution in [2.45, 2.75) is 44.6 Å². The Hall–Kier alpha value is -4.12. The molecule has 11 nitrogen and oxygen atoms in total. The van der Waals surface area contributed by atoms with Crippen LogP contribution in [0.3, 0.4) is 0 Å². The zero-order chi connectivity index (χ0) is 30.5. The number of amides is 1. The monoisotopic (exact) mass is 602 g/mol. The van der Waals surface area contributed by atoms with Gasteiger partial charge in [-0.25, -0.2) is 9.97 Å². The number of fused-ring (bicyclic) bond motifs is 3. The van der Waals surface area contributed by atoms with Gasteiger partial charge in [0.25, 0.3) is 5.91 Å². The minimum atomic E-state index is 0.0236. The Morgan fingerprint density at radius 2 is 1.57 bits per heavy atom. The predicted molar refractivity (Wildman–Crippen MR) is 170 cm³/mol. The maximum atomic E-state index is 13.1. The van der Waals surface area contributed by atoms with Crippen LogP contribution in [0.5, 0.6) is 23.0 Å². The Balaban J connectivity index is 0.935. The molecule has 1 atom stereocenters. The first-order valence-electron chi connectivity index (χ1n) is 15.6. The molecule has 44 heavy (non-hydrogen) atoms. The van der Waals surface area contributed by atoms with E-state index in [2.05, 4.69) is 24.8 Å². The lowest BCUT2D eigenvalue weighted by molar-refractivity contribution is 0.0774. The van der Waals surface area contributed by atoms with E-state index in [1.165, 1.54) is 0 Å². The van der Waals surface area contributed by atoms with Gasteiger partial charge < -0.3 is 28.7 Å². The second-order valence-electron chi connectivity index (χ2n) is 11.5. The molecule has 0 bridgehead atoms. The summed E-state index contributed by atoms with van der Waals surface area (Å²) in [7, 11) is 4.89. The van der Waals surface area contributed by atoms with Crippen molar-refractivity contribution < 1.29 is 23.7 Å². The van der Waals surface area contributed by atoms with Crippen LogP contribution < -0.4 is 23.8 Å². The fourth-order valence-electron chi connectivity index (χ4n) is 6.40. The van der Waals surface area contributed by atoms with Crippen LogP contribution in [-0.4, -0.2) is 105 Å². The highest BCUT2D eigenvalue weighted by molar-refractivity contribution is 6.03. The van der Waals surface area contributed by atoms with Gasteiger partial charge in [0.2, 0.25) is 0 Å². The van der Waals surface area contributed by atoms with E-state index in [1.807, 2.05) is 29.3 Å². The Morgan fingerprint density at radius 3 is 2.36 bits per heavy atom. The molecule has 0 unspecified atom stereocenters. The number of carbonyl (C=O) groups is 1. The molecule has 0 N–H and O–H groups in total. The molecule has 2 fully saturated rings. The zero-order valence-corrected chi connectivity index (χ0v) is 26.0. The average Bonchev–Trinajstić information content (AvgIpc) is 3.50. The standard InChI is InChI=1S/C33H42N6O5/c1-41-28-17-24-26(19-30(28)43-3)35-22-36-32(24)38-14-12-37(13-15-38)10-6-4-5-7-16-44-31-20-27-25(18-29(31)42-2)33(40)39-11-8-9-23(39)21-34-27/h17-23H,4-16H2,1-3H3/t23-/m0/s1. The first-order valence-corrected chi connectivity index (χ1v) is 15.6. The highest BCUT2D eigenvalue weighted by atomic mass is 16.5. The SMILES string of the molecule is COc1cc2ncnc(N3CCN(CCCCCCOc4cc5c(cc4OC)C(=O)N4CCC[C@H]4C=N5)CC3)c2cc1OC. The molecule has 2 aromatic carbocycles. The van der Waals surface area contributed by atoms with Crippen LogP contribution in [0.1, 0.15) is 48.9 Å². The van der Waals surface area contributed by atoms with Gasteiger partial charge in [0.15, 0.2) is 23.0 Å². The van der Waals surface area contributed by atoms with Crippen molar-refractivity contribution in [2.24, 2.45) is 4.99 Å². The summed E-state index contributed by atoms with van der Waals surface area (Å²) in [6.45, 7) is 6.32. The Bertz CT molecular complexity index is 1510. The van der Waals surface area contributed by atoms with Crippen LogP contribution in [0.4, 0.5) is 11.5 Å². The lowest BCUT2D eigenvalue weighted by Crippen LogP contribution is -2.47. The summed E-state index contributed by atoms with van der Waals surface area (Å²) in [5.74, 6) is 3.55. The highest BCUT2D eigenvalue weighted by Gasteiger charge is 2.32. The van der Waals surface area contributed by atoms with E-state index in [1.54, 1.807) is 33.7 Å². The third-order valence-electron chi connectivity index (χ3n) is 8.88. The predicted octanol–water partition coefficient (Wildman–Crippen LogP) is 4.74. The zero-order valence-electron chi connectivity index (χ0n) is 26.0. The lowest BCUT2D eigenvalue weighted by atomic mass is 10.1. The molecule has 3 aliphatic heterocycles. The van der Waals surface area contributed by atoms with E-state index >= 15 is 0 Å². The molecule has 3 aliphatic rings. The number of hydrogen-bond acceptors (Lipinski definition) is 10. The molecular formula is C33H42N6O5. The minimum absolute atomic E-state index is 0.0236. The first-order chi connectivity index (χ1) is 21.6. The van der Waals surface area contributed by atoms with Crippen LogP contribution in [0, 0.1) is 0 Å². The highest BCUT2D eigenvalue weighted by Crippen LogP contribution is 2.38. The number of anilines is 1. The molecule has 0 aliphatic carbocycles. The molecule has 0 radical (unpaired) electrons. The first kappa shape index (κ1) is 29.9. The number of hydrogen-bond donors (Lipinski definition) is 0. The smallest absolute Gasteiger partial charge is 0.256 e. The molecule has 0 spiro atoms. The summed E-state index contributed by atoms with van der Waals surface area (Å²) in [5, 5.41) is 0.978. The molecule has 1 aromatic heterocycles. The maximum Gasteiger partial charge on any atom is 0.256 e. The summed E-state index contributed by atoms with van der Waals surface area (Å²) < 4.78 is 22.6. The van der Waals surface area contributed by atoms with E-state index in [0.717, 1.165) is 94.5 Å². The third kappa shape index (κ3) is 6.24. The molecule has 3 aromatic rings. The molecule has 4 heterocycles. The Kier molecular flexibility index (Phi) is 9.30. The molecule has 2 saturated heterocycles. The van der Waals surface area contributed by atoms with Crippen molar-refractivity contribution in [3.63, 3.8) is 0 Å². The normalized spacial score (nSPS) is 18.2. The van der Waals surface area contributed by atoms with Crippen molar-refractivity contribution in [1.29, 1.82) is 0 Å². The quantitative estimate of drug-likeness (QED) is 0.272. The summed E-state index contributed by atoms with van der Waals surface area (Å²) in [6, 6.07) is 7.60. The Labute approximate surface area is 258 Å². The second kappa shape index (κ2) is 13.7. The maximum absolute atomic E-state index is 13.1. The van der Waals surface area contributed by atoms with E-state index in [9.17, 15) is 4.79 Å². The van der Waals surface area contributed by atoms with Crippen molar-refractivity contribution in [2.75, 3.05) is 72.1 Å². The molecule has 0 saturated carbocycles. The lowest BCUT2D eigenvalue weighted by Gasteiger charge is -2.35. The van der Waals surface area contributed by atoms with Gasteiger partial charge in [-0.2, -0.15) is 0 Å². The van der Waals surface area contributed by atoms with Gasteiger partial charge in [-0.05, 0) is 44.4 Å². The topological polar surface area (TPSA) is 102 Å². The van der Waals surface area contributed by atoms with E-state index in [-0.39, 0.29) is 11.9 Å². The number of rotatable bonds is 12. The molecule has 11 heteroatoms. The number of unbranched alkanes of at least 4 members (excludes halogenated alkanes) is 3. The van der Waals surface area contributed by atoms with Crippen LogP contribution in [-0.2, 0) is 0 Å². The van der Waals surface area contributed by atoms with Gasteiger partial charge in [-0.1, -0.05) is 12.8 Å². The third-order valence-corrected chi connectivity index (χ3v) is 8.88. The van der Waals surface area contributed by atoms with Crippen molar-refractivity contribution in [3.05, 3.63) is 36.2 Å². The van der Waals surface area contributed by atoms with Crippen molar-refractivity contribution in [3.8, 4) is 23.0 Å². The van der Waals surface area contributed by atoms with Crippen molar-refractivity contribution >= 4 is 34.5 Å². The van der Waals surface area contributed by atoms with Crippen LogP contribution >= 0.6 is 0 Å². The number of ether oxygens (including phenoxy) is 4. The van der Waals surface area contributed by atoms with Crippen LogP contribution in [0.15, 0.2) is 35.6 Å². The molecule has 234 valence electrons. The van der Waals surface area contributed by atoms with E-state index in [4.69, 9.17) is 18.9 Å². The van der Waals surface area contributed by atoms with Gasteiger partial charge in [-0.15, -0.1) is 0 Å². The molecule has 6 rings (SSSR count). The summed E-state index contributed by atoms with van der Waals surface area (Å²) >= 11 is 0. The number of aromatic nitrogens is 2. The van der Waals surface area contributed by atoms with Crippen LogP contribution in [0.25, 0.3) is 10.9 Å². The number of piperazine rings is 1. The number of benzene rings is 2. The van der Waals surface area contributed by atoms with Gasteiger partial charge >= 0.3 is 0 Å². The van der Waals surface area contributed by atoms with Crippen LogP contribution in [0.2, 0.25) is 0 Å². The van der Waals surface area contributed by atoms with Gasteiger partial charge in [0.05, 0.1) is 50.7 Å². The summed E-state index contributed by atoms with van der Waals surface area (Å²) in [5.41, 5.74) is 2.10. The van der Waals surface area contributed by atoms with Gasteiger partial charge in [0, 0.05) is 56.5 Å². The van der Waals surface area contributed by atoms with Gasteiger partial charge in [0.1, 0.15) is 12.1 Å². The Morgan fingerprint density at radius 1 is 0.818 bits per heavy atom. The second-order valence-corrected chi connectivity index (χ2v) is 11.5. The number of methoxy groups -OCH3 is 3. The van der Waals surface area contributed by atoms with Gasteiger partial charge in [-0.3, -0.25) is 14.7 Å². The summed E-state index contributed by atoms with van der Waals surface area (Å²) in [6.07, 6.45) is 9.87. The van der Waals surface area contributed by atoms with Crippen molar-refractivity contribution in [1.82, 2.24) is 19.8 Å². The molecular weight excluding hydrogens is 560 g/mol.